The minimum absolute atomic E-state index is 0.297. The van der Waals surface area contributed by atoms with E-state index in [4.69, 9.17) is 18.4 Å². The number of aryl methyl sites for hydroxylation is 1. The molecule has 30 heavy (non-hydrogen) atoms. The summed E-state index contributed by atoms with van der Waals surface area (Å²) in [4.78, 5) is 11.9. The molecule has 164 valence electrons. The predicted octanol–water partition coefficient (Wildman–Crippen LogP) is 3.76. The lowest BCUT2D eigenvalue weighted by Crippen LogP contribution is -2.39. The first-order valence-electron chi connectivity index (χ1n) is 9.66. The van der Waals surface area contributed by atoms with Crippen molar-refractivity contribution in [1.82, 2.24) is 0 Å². The fourth-order valence-corrected chi connectivity index (χ4v) is 3.06. The van der Waals surface area contributed by atoms with Gasteiger partial charge in [0.05, 0.1) is 19.5 Å². The number of rotatable bonds is 11. The maximum Gasteiger partial charge on any atom is 0.349 e. The van der Waals surface area contributed by atoms with Crippen molar-refractivity contribution in [3.8, 4) is 17.2 Å². The number of ether oxygens (including phenoxy) is 3. The highest BCUT2D eigenvalue weighted by Crippen LogP contribution is 2.23. The molecule has 0 saturated carbocycles. The second kappa shape index (κ2) is 10.3. The van der Waals surface area contributed by atoms with Crippen LogP contribution in [0.3, 0.4) is 0 Å². The first-order valence-corrected chi connectivity index (χ1v) is 11.5. The van der Waals surface area contributed by atoms with E-state index in [2.05, 4.69) is 0 Å². The van der Waals surface area contributed by atoms with Crippen molar-refractivity contribution >= 4 is 16.1 Å². The van der Waals surface area contributed by atoms with Gasteiger partial charge >= 0.3 is 16.1 Å². The van der Waals surface area contributed by atoms with Crippen LogP contribution < -0.4 is 13.7 Å². The minimum Gasteiger partial charge on any atom is -0.494 e. The van der Waals surface area contributed by atoms with Gasteiger partial charge in [-0.05, 0) is 75.6 Å². The van der Waals surface area contributed by atoms with Crippen molar-refractivity contribution in [2.24, 2.45) is 0 Å². The molecule has 0 amide bonds. The monoisotopic (exact) mass is 436 g/mol. The molecule has 2 aromatic rings. The molecular formula is C22H28O7S. The highest BCUT2D eigenvalue weighted by molar-refractivity contribution is 7.86. The lowest BCUT2D eigenvalue weighted by Gasteiger charge is -2.24. The number of hydrogen-bond acceptors (Lipinski definition) is 7. The quantitative estimate of drug-likeness (QED) is 0.301. The van der Waals surface area contributed by atoms with Crippen molar-refractivity contribution < 1.29 is 31.6 Å². The molecule has 0 heterocycles. The van der Waals surface area contributed by atoms with E-state index < -0.39 is 21.7 Å². The molecule has 0 aliphatic heterocycles. The third kappa shape index (κ3) is 7.94. The van der Waals surface area contributed by atoms with Gasteiger partial charge < -0.3 is 18.4 Å². The molecule has 0 saturated heterocycles. The van der Waals surface area contributed by atoms with E-state index in [0.29, 0.717) is 30.5 Å². The van der Waals surface area contributed by atoms with Crippen LogP contribution in [0.15, 0.2) is 48.5 Å². The molecule has 0 N–H and O–H groups in total. The van der Waals surface area contributed by atoms with Gasteiger partial charge in [0, 0.05) is 0 Å². The molecule has 2 rings (SSSR count). The molecule has 0 fully saturated rings. The second-order valence-electron chi connectivity index (χ2n) is 7.19. The third-order valence-electron chi connectivity index (χ3n) is 4.01. The van der Waals surface area contributed by atoms with Crippen LogP contribution in [0.2, 0.25) is 0 Å². The van der Waals surface area contributed by atoms with Gasteiger partial charge in [-0.25, -0.2) is 4.79 Å². The first kappa shape index (κ1) is 23.5. The highest BCUT2D eigenvalue weighted by atomic mass is 32.2. The summed E-state index contributed by atoms with van der Waals surface area (Å²) in [5.74, 6) is 1.14. The van der Waals surface area contributed by atoms with Crippen LogP contribution in [0, 0.1) is 0 Å². The molecule has 2 aromatic carbocycles. The highest BCUT2D eigenvalue weighted by Gasteiger charge is 2.31. The van der Waals surface area contributed by atoms with Gasteiger partial charge in [-0.2, -0.15) is 8.42 Å². The average molecular weight is 437 g/mol. The normalized spacial score (nSPS) is 11.6. The Morgan fingerprint density at radius 1 is 0.933 bits per heavy atom. The van der Waals surface area contributed by atoms with Gasteiger partial charge in [0.2, 0.25) is 0 Å². The number of benzene rings is 2. The maximum atomic E-state index is 11.9. The Kier molecular flexibility index (Phi) is 8.11. The van der Waals surface area contributed by atoms with Gasteiger partial charge in [-0.1, -0.05) is 12.1 Å². The Morgan fingerprint density at radius 3 is 2.07 bits per heavy atom. The largest absolute Gasteiger partial charge is 0.494 e. The minimum atomic E-state index is -3.51. The van der Waals surface area contributed by atoms with Crippen LogP contribution in [0.1, 0.15) is 32.8 Å². The fraction of sp³-hybridized carbons (Fsp3) is 0.409. The summed E-state index contributed by atoms with van der Waals surface area (Å²) in [5.41, 5.74) is -0.00953. The lowest BCUT2D eigenvalue weighted by molar-refractivity contribution is -0.158. The van der Waals surface area contributed by atoms with E-state index >= 15 is 0 Å². The summed E-state index contributed by atoms with van der Waals surface area (Å²) < 4.78 is 43.5. The van der Waals surface area contributed by atoms with E-state index in [1.165, 1.54) is 0 Å². The zero-order valence-electron chi connectivity index (χ0n) is 17.7. The number of carbonyl (C=O) groups is 1. The summed E-state index contributed by atoms with van der Waals surface area (Å²) >= 11 is 0. The topological polar surface area (TPSA) is 88.1 Å². The molecule has 0 unspecified atom stereocenters. The Morgan fingerprint density at radius 2 is 1.50 bits per heavy atom. The van der Waals surface area contributed by atoms with E-state index in [9.17, 15) is 13.2 Å². The van der Waals surface area contributed by atoms with Crippen molar-refractivity contribution in [3.05, 3.63) is 54.1 Å². The Labute approximate surface area is 178 Å². The Hall–Kier alpha value is -2.74. The van der Waals surface area contributed by atoms with Gasteiger partial charge in [-0.15, -0.1) is 0 Å². The number of carbonyl (C=O) groups excluding carboxylic acids is 1. The smallest absolute Gasteiger partial charge is 0.349 e. The lowest BCUT2D eigenvalue weighted by atomic mass is 10.1. The van der Waals surface area contributed by atoms with Gasteiger partial charge in [0.15, 0.2) is 5.60 Å². The van der Waals surface area contributed by atoms with Crippen LogP contribution in [0.4, 0.5) is 0 Å². The number of esters is 1. The van der Waals surface area contributed by atoms with Gasteiger partial charge in [0.25, 0.3) is 0 Å². The molecule has 0 aliphatic rings. The molecule has 0 bridgehead atoms. The zero-order valence-corrected chi connectivity index (χ0v) is 18.5. The van der Waals surface area contributed by atoms with Crippen LogP contribution in [0.25, 0.3) is 0 Å². The SMILES string of the molecule is CCOC(=O)C(C)(C)Oc1ccc(OCCCc2ccc(OS(C)(=O)=O)cc2)cc1. The van der Waals surface area contributed by atoms with E-state index in [1.807, 2.05) is 12.1 Å². The summed E-state index contributed by atoms with van der Waals surface area (Å²) in [6, 6.07) is 14.0. The van der Waals surface area contributed by atoms with Crippen molar-refractivity contribution in [2.75, 3.05) is 19.5 Å². The zero-order chi connectivity index (χ0) is 22.2. The standard InChI is InChI=1S/C22H28O7S/c1-5-26-21(23)22(2,3)28-19-14-12-18(13-15-19)27-16-6-7-17-8-10-20(11-9-17)29-30(4,24)25/h8-15H,5-7,16H2,1-4H3. The summed E-state index contributed by atoms with van der Waals surface area (Å²) in [6.07, 6.45) is 2.59. The molecule has 0 aliphatic carbocycles. The molecule has 8 heteroatoms. The molecule has 0 atom stereocenters. The van der Waals surface area contributed by atoms with Crippen LogP contribution in [-0.4, -0.2) is 39.5 Å². The van der Waals surface area contributed by atoms with Gasteiger partial charge in [0.1, 0.15) is 17.2 Å². The van der Waals surface area contributed by atoms with Crippen molar-refractivity contribution in [1.29, 1.82) is 0 Å². The molecule has 0 spiro atoms. The van der Waals surface area contributed by atoms with Crippen molar-refractivity contribution in [3.63, 3.8) is 0 Å². The Balaban J connectivity index is 1.77. The van der Waals surface area contributed by atoms with Crippen molar-refractivity contribution in [2.45, 2.75) is 39.2 Å². The van der Waals surface area contributed by atoms with Crippen LogP contribution in [-0.2, 0) is 26.1 Å². The Bertz CT molecular complexity index is 917. The molecule has 0 aromatic heterocycles. The molecule has 7 nitrogen and oxygen atoms in total. The van der Waals surface area contributed by atoms with E-state index in [-0.39, 0.29) is 0 Å². The van der Waals surface area contributed by atoms with Crippen LogP contribution in [0.5, 0.6) is 17.2 Å². The van der Waals surface area contributed by atoms with E-state index in [1.54, 1.807) is 57.2 Å². The summed E-state index contributed by atoms with van der Waals surface area (Å²) in [6.45, 7) is 5.90. The van der Waals surface area contributed by atoms with Crippen LogP contribution >= 0.6 is 0 Å². The van der Waals surface area contributed by atoms with E-state index in [0.717, 1.165) is 24.7 Å². The van der Waals surface area contributed by atoms with Gasteiger partial charge in [-0.3, -0.25) is 0 Å². The summed E-state index contributed by atoms with van der Waals surface area (Å²) in [5, 5.41) is 0. The predicted molar refractivity (Wildman–Crippen MR) is 114 cm³/mol. The number of hydrogen-bond donors (Lipinski definition) is 0. The third-order valence-corrected chi connectivity index (χ3v) is 4.51. The fourth-order valence-electron chi connectivity index (χ4n) is 2.60. The maximum absolute atomic E-state index is 11.9. The second-order valence-corrected chi connectivity index (χ2v) is 8.76. The molecule has 0 radical (unpaired) electrons. The molecular weight excluding hydrogens is 408 g/mol. The first-order chi connectivity index (χ1) is 14.1. The average Bonchev–Trinajstić information content (AvgIpc) is 2.66. The summed E-state index contributed by atoms with van der Waals surface area (Å²) in [7, 11) is -3.51.